The Balaban J connectivity index is 1.67. The van der Waals surface area contributed by atoms with Crippen molar-refractivity contribution in [2.45, 2.75) is 18.9 Å². The number of carboxylic acids is 1. The second-order valence-electron chi connectivity index (χ2n) is 4.91. The fourth-order valence-electron chi connectivity index (χ4n) is 2.20. The Bertz CT molecular complexity index is 690. The molecule has 2 heterocycles. The van der Waals surface area contributed by atoms with E-state index in [1.165, 1.54) is 23.5 Å². The SMILES string of the molecule is O=C(O)c1ccc(NC(=O)c2csc(C3CCCO3)n2)cc1. The predicted molar refractivity (Wildman–Crippen MR) is 81.4 cm³/mol. The van der Waals surface area contributed by atoms with E-state index in [0.29, 0.717) is 11.4 Å². The third-order valence-electron chi connectivity index (χ3n) is 3.35. The number of anilines is 1. The van der Waals surface area contributed by atoms with Gasteiger partial charge in [-0.25, -0.2) is 9.78 Å². The van der Waals surface area contributed by atoms with Gasteiger partial charge in [0.2, 0.25) is 0 Å². The highest BCUT2D eigenvalue weighted by Gasteiger charge is 2.22. The standard InChI is InChI=1S/C15H14N2O4S/c18-13(16-10-5-3-9(4-6-10)15(19)20)11-8-22-14(17-11)12-2-1-7-21-12/h3-6,8,12H,1-2,7H2,(H,16,18)(H,19,20). The first-order chi connectivity index (χ1) is 10.6. The van der Waals surface area contributed by atoms with E-state index in [0.717, 1.165) is 24.5 Å². The molecule has 0 spiro atoms. The number of benzene rings is 1. The van der Waals surface area contributed by atoms with Crippen molar-refractivity contribution in [2.24, 2.45) is 0 Å². The minimum atomic E-state index is -1.00. The molecular formula is C15H14N2O4S. The summed E-state index contributed by atoms with van der Waals surface area (Å²) in [4.78, 5) is 27.2. The second-order valence-corrected chi connectivity index (χ2v) is 5.80. The zero-order chi connectivity index (χ0) is 15.5. The number of aromatic nitrogens is 1. The third-order valence-corrected chi connectivity index (χ3v) is 4.29. The number of rotatable bonds is 4. The topological polar surface area (TPSA) is 88.5 Å². The maximum Gasteiger partial charge on any atom is 0.335 e. The fraction of sp³-hybridized carbons (Fsp3) is 0.267. The van der Waals surface area contributed by atoms with Gasteiger partial charge in [0.05, 0.1) is 5.56 Å². The van der Waals surface area contributed by atoms with Crippen molar-refractivity contribution < 1.29 is 19.4 Å². The van der Waals surface area contributed by atoms with Gasteiger partial charge in [0.15, 0.2) is 0 Å². The van der Waals surface area contributed by atoms with E-state index in [1.807, 2.05) is 0 Å². The highest BCUT2D eigenvalue weighted by molar-refractivity contribution is 7.09. The molecule has 0 radical (unpaired) electrons. The average Bonchev–Trinajstić information content (AvgIpc) is 3.19. The van der Waals surface area contributed by atoms with Gasteiger partial charge in [-0.3, -0.25) is 4.79 Å². The van der Waals surface area contributed by atoms with Crippen molar-refractivity contribution >= 4 is 28.9 Å². The molecule has 0 aliphatic carbocycles. The van der Waals surface area contributed by atoms with Gasteiger partial charge in [-0.1, -0.05) is 0 Å². The van der Waals surface area contributed by atoms with Crippen molar-refractivity contribution in [3.05, 3.63) is 45.9 Å². The molecule has 114 valence electrons. The van der Waals surface area contributed by atoms with Gasteiger partial charge < -0.3 is 15.2 Å². The van der Waals surface area contributed by atoms with Crippen molar-refractivity contribution in [1.82, 2.24) is 4.98 Å². The third kappa shape index (κ3) is 3.15. The van der Waals surface area contributed by atoms with E-state index in [2.05, 4.69) is 10.3 Å². The number of carbonyl (C=O) groups is 2. The van der Waals surface area contributed by atoms with Gasteiger partial charge in [0.1, 0.15) is 16.8 Å². The molecule has 3 rings (SSSR count). The Kier molecular flexibility index (Phi) is 4.17. The summed E-state index contributed by atoms with van der Waals surface area (Å²) in [5, 5.41) is 14.1. The van der Waals surface area contributed by atoms with Crippen molar-refractivity contribution in [3.63, 3.8) is 0 Å². The van der Waals surface area contributed by atoms with E-state index in [4.69, 9.17) is 9.84 Å². The lowest BCUT2D eigenvalue weighted by molar-refractivity contribution is 0.0696. The van der Waals surface area contributed by atoms with Crippen LogP contribution in [0.25, 0.3) is 0 Å². The Labute approximate surface area is 130 Å². The summed E-state index contributed by atoms with van der Waals surface area (Å²) in [7, 11) is 0. The summed E-state index contributed by atoms with van der Waals surface area (Å²) in [5.41, 5.74) is 1.05. The van der Waals surface area contributed by atoms with Crippen molar-refractivity contribution in [1.29, 1.82) is 0 Å². The molecular weight excluding hydrogens is 304 g/mol. The molecule has 1 aromatic heterocycles. The highest BCUT2D eigenvalue weighted by atomic mass is 32.1. The van der Waals surface area contributed by atoms with Crippen LogP contribution >= 0.6 is 11.3 Å². The van der Waals surface area contributed by atoms with Gasteiger partial charge in [0, 0.05) is 17.7 Å². The number of nitrogens with one attached hydrogen (secondary N) is 1. The summed E-state index contributed by atoms with van der Waals surface area (Å²) < 4.78 is 5.55. The van der Waals surface area contributed by atoms with E-state index >= 15 is 0 Å². The number of thiazole rings is 1. The maximum absolute atomic E-state index is 12.1. The van der Waals surface area contributed by atoms with Crippen LogP contribution in [0.4, 0.5) is 5.69 Å². The summed E-state index contributed by atoms with van der Waals surface area (Å²) in [6.45, 7) is 0.738. The van der Waals surface area contributed by atoms with Crippen molar-refractivity contribution in [3.8, 4) is 0 Å². The average molecular weight is 318 g/mol. The molecule has 1 unspecified atom stereocenters. The molecule has 0 bridgehead atoms. The summed E-state index contributed by atoms with van der Waals surface area (Å²) >= 11 is 1.42. The van der Waals surface area contributed by atoms with Gasteiger partial charge >= 0.3 is 5.97 Å². The minimum absolute atomic E-state index is 0.00130. The van der Waals surface area contributed by atoms with Crippen LogP contribution < -0.4 is 5.32 Å². The highest BCUT2D eigenvalue weighted by Crippen LogP contribution is 2.30. The van der Waals surface area contributed by atoms with Crippen LogP contribution in [-0.2, 0) is 4.74 Å². The Morgan fingerprint density at radius 3 is 2.73 bits per heavy atom. The number of ether oxygens (including phenoxy) is 1. The Morgan fingerprint density at radius 2 is 2.09 bits per heavy atom. The summed E-state index contributed by atoms with van der Waals surface area (Å²) in [6, 6.07) is 5.98. The summed E-state index contributed by atoms with van der Waals surface area (Å²) in [5.74, 6) is -1.32. The number of hydrogen-bond donors (Lipinski definition) is 2. The van der Waals surface area contributed by atoms with Crippen LogP contribution in [0.1, 0.15) is 44.8 Å². The molecule has 1 amide bonds. The van der Waals surface area contributed by atoms with Crippen LogP contribution in [0, 0.1) is 0 Å². The summed E-state index contributed by atoms with van der Waals surface area (Å²) in [6.07, 6.45) is 1.95. The lowest BCUT2D eigenvalue weighted by Crippen LogP contribution is -2.12. The minimum Gasteiger partial charge on any atom is -0.478 e. The van der Waals surface area contributed by atoms with Crippen LogP contribution in [-0.4, -0.2) is 28.6 Å². The van der Waals surface area contributed by atoms with Crippen LogP contribution in [0.3, 0.4) is 0 Å². The normalized spacial score (nSPS) is 17.4. The molecule has 2 N–H and O–H groups in total. The monoisotopic (exact) mass is 318 g/mol. The Morgan fingerprint density at radius 1 is 1.32 bits per heavy atom. The second kappa shape index (κ2) is 6.25. The zero-order valence-corrected chi connectivity index (χ0v) is 12.4. The molecule has 1 atom stereocenters. The number of hydrogen-bond acceptors (Lipinski definition) is 5. The van der Waals surface area contributed by atoms with E-state index in [9.17, 15) is 9.59 Å². The first-order valence-electron chi connectivity index (χ1n) is 6.85. The van der Waals surface area contributed by atoms with Crippen molar-refractivity contribution in [2.75, 3.05) is 11.9 Å². The molecule has 1 aromatic carbocycles. The van der Waals surface area contributed by atoms with Crippen LogP contribution in [0.2, 0.25) is 0 Å². The quantitative estimate of drug-likeness (QED) is 0.905. The van der Waals surface area contributed by atoms with E-state index < -0.39 is 5.97 Å². The molecule has 22 heavy (non-hydrogen) atoms. The molecule has 1 fully saturated rings. The largest absolute Gasteiger partial charge is 0.478 e. The molecule has 1 aliphatic rings. The molecule has 7 heteroatoms. The number of aromatic carboxylic acids is 1. The number of carboxylic acid groups (broad SMARTS) is 1. The van der Waals surface area contributed by atoms with Gasteiger partial charge in [-0.05, 0) is 37.1 Å². The van der Waals surface area contributed by atoms with E-state index in [-0.39, 0.29) is 17.6 Å². The fourth-order valence-corrected chi connectivity index (χ4v) is 3.08. The van der Waals surface area contributed by atoms with Crippen LogP contribution in [0.5, 0.6) is 0 Å². The number of amides is 1. The zero-order valence-electron chi connectivity index (χ0n) is 11.6. The molecule has 1 aliphatic heterocycles. The molecule has 6 nitrogen and oxygen atoms in total. The van der Waals surface area contributed by atoms with Crippen LogP contribution in [0.15, 0.2) is 29.6 Å². The van der Waals surface area contributed by atoms with Gasteiger partial charge in [-0.2, -0.15) is 0 Å². The van der Waals surface area contributed by atoms with Gasteiger partial charge in [-0.15, -0.1) is 11.3 Å². The van der Waals surface area contributed by atoms with E-state index in [1.54, 1.807) is 17.5 Å². The number of nitrogens with zero attached hydrogens (tertiary/aromatic N) is 1. The lowest BCUT2D eigenvalue weighted by Gasteiger charge is -2.05. The first-order valence-corrected chi connectivity index (χ1v) is 7.73. The maximum atomic E-state index is 12.1. The molecule has 0 saturated carbocycles. The smallest absolute Gasteiger partial charge is 0.335 e. The molecule has 1 saturated heterocycles. The van der Waals surface area contributed by atoms with Gasteiger partial charge in [0.25, 0.3) is 5.91 Å². The molecule has 2 aromatic rings. The Hall–Kier alpha value is -2.25. The lowest BCUT2D eigenvalue weighted by atomic mass is 10.2. The number of carbonyl (C=O) groups excluding carboxylic acids is 1. The first kappa shape index (κ1) is 14.7. The predicted octanol–water partition coefficient (Wildman–Crippen LogP) is 2.95.